The maximum atomic E-state index is 12.4. The van der Waals surface area contributed by atoms with Gasteiger partial charge in [-0.15, -0.1) is 12.4 Å². The lowest BCUT2D eigenvalue weighted by Crippen LogP contribution is -2.34. The first kappa shape index (κ1) is 16.8. The highest BCUT2D eigenvalue weighted by Crippen LogP contribution is 2.58. The van der Waals surface area contributed by atoms with Crippen molar-refractivity contribution in [3.05, 3.63) is 34.3 Å². The molecule has 2 aliphatic rings. The Hall–Kier alpha value is -0.580. The predicted molar refractivity (Wildman–Crippen MR) is 90.6 cm³/mol. The van der Waals surface area contributed by atoms with Crippen molar-refractivity contribution < 1.29 is 4.79 Å². The maximum Gasteiger partial charge on any atom is 0.224 e. The second-order valence-corrected chi connectivity index (χ2v) is 6.98. The molecule has 0 bridgehead atoms. The van der Waals surface area contributed by atoms with Gasteiger partial charge in [0, 0.05) is 10.4 Å². The van der Waals surface area contributed by atoms with Crippen LogP contribution in [0.5, 0.6) is 0 Å². The van der Waals surface area contributed by atoms with Crippen LogP contribution in [0.25, 0.3) is 0 Å². The Morgan fingerprint density at radius 3 is 2.71 bits per heavy atom. The number of hydrogen-bond acceptors (Lipinski definition) is 2. The Kier molecular flexibility index (Phi) is 5.33. The summed E-state index contributed by atoms with van der Waals surface area (Å²) in [5.74, 6) is 0.463. The smallest absolute Gasteiger partial charge is 0.224 e. The normalized spacial score (nSPS) is 24.0. The van der Waals surface area contributed by atoms with Crippen molar-refractivity contribution in [2.24, 2.45) is 11.3 Å². The molecule has 0 radical (unpaired) electrons. The van der Waals surface area contributed by atoms with E-state index >= 15 is 0 Å². The molecule has 3 rings (SSSR count). The molecule has 2 atom stereocenters. The van der Waals surface area contributed by atoms with E-state index in [9.17, 15) is 4.79 Å². The van der Waals surface area contributed by atoms with Gasteiger partial charge in [0.1, 0.15) is 0 Å². The summed E-state index contributed by atoms with van der Waals surface area (Å²) < 4.78 is 1.06. The minimum Gasteiger partial charge on any atom is -0.349 e. The largest absolute Gasteiger partial charge is 0.349 e. The van der Waals surface area contributed by atoms with Gasteiger partial charge in [-0.05, 0) is 56.3 Å². The summed E-state index contributed by atoms with van der Waals surface area (Å²) in [5, 5.41) is 6.56. The Morgan fingerprint density at radius 1 is 1.38 bits per heavy atom. The molecule has 1 spiro atoms. The molecule has 0 aromatic heterocycles. The highest BCUT2D eigenvalue weighted by Gasteiger charge is 2.57. The summed E-state index contributed by atoms with van der Waals surface area (Å²) in [6, 6.07) is 8.13. The number of carbonyl (C=O) groups is 1. The van der Waals surface area contributed by atoms with Crippen molar-refractivity contribution in [1.29, 1.82) is 0 Å². The fourth-order valence-electron chi connectivity index (χ4n) is 3.41. The molecule has 1 aliphatic carbocycles. The van der Waals surface area contributed by atoms with Crippen LogP contribution >= 0.6 is 28.3 Å². The zero-order valence-electron chi connectivity index (χ0n) is 12.2. The molecule has 1 amide bonds. The SMILES string of the molecule is CC(NC(=O)C1CC12CCNCC2)c1ccccc1Br.Cl. The first-order valence-corrected chi connectivity index (χ1v) is 8.17. The molecule has 2 fully saturated rings. The van der Waals surface area contributed by atoms with Crippen LogP contribution in [0.1, 0.15) is 37.8 Å². The number of hydrogen-bond donors (Lipinski definition) is 2. The molecule has 1 aromatic rings. The van der Waals surface area contributed by atoms with E-state index < -0.39 is 0 Å². The Labute approximate surface area is 140 Å². The minimum absolute atomic E-state index is 0. The molecule has 5 heteroatoms. The minimum atomic E-state index is 0. The van der Waals surface area contributed by atoms with Gasteiger partial charge in [0.2, 0.25) is 5.91 Å². The van der Waals surface area contributed by atoms with E-state index in [0.717, 1.165) is 42.4 Å². The van der Waals surface area contributed by atoms with Crippen molar-refractivity contribution >= 4 is 34.2 Å². The average Bonchev–Trinajstić information content (AvgIpc) is 3.13. The summed E-state index contributed by atoms with van der Waals surface area (Å²) in [6.45, 7) is 4.17. The maximum absolute atomic E-state index is 12.4. The van der Waals surface area contributed by atoms with Crippen LogP contribution in [0.2, 0.25) is 0 Å². The molecule has 2 N–H and O–H groups in total. The van der Waals surface area contributed by atoms with Crippen molar-refractivity contribution in [3.63, 3.8) is 0 Å². The van der Waals surface area contributed by atoms with Gasteiger partial charge >= 0.3 is 0 Å². The molecule has 21 heavy (non-hydrogen) atoms. The van der Waals surface area contributed by atoms with E-state index in [-0.39, 0.29) is 30.3 Å². The lowest BCUT2D eigenvalue weighted by Gasteiger charge is -2.24. The van der Waals surface area contributed by atoms with Gasteiger partial charge in [-0.2, -0.15) is 0 Å². The van der Waals surface area contributed by atoms with Crippen molar-refractivity contribution in [1.82, 2.24) is 10.6 Å². The molecular formula is C16H22BrClN2O. The molecule has 116 valence electrons. The Bertz CT molecular complexity index is 517. The lowest BCUT2D eigenvalue weighted by molar-refractivity contribution is -0.123. The number of piperidine rings is 1. The standard InChI is InChI=1S/C16H21BrN2O.ClH/c1-11(12-4-2-3-5-14(12)17)19-15(20)13-10-16(13)6-8-18-9-7-16;/h2-5,11,13,18H,6-10H2,1H3,(H,19,20);1H. The molecule has 1 aromatic carbocycles. The quantitative estimate of drug-likeness (QED) is 0.852. The number of benzene rings is 1. The molecule has 3 nitrogen and oxygen atoms in total. The van der Waals surface area contributed by atoms with Gasteiger partial charge in [-0.25, -0.2) is 0 Å². The van der Waals surface area contributed by atoms with Crippen LogP contribution < -0.4 is 10.6 Å². The van der Waals surface area contributed by atoms with Crippen LogP contribution in [0.15, 0.2) is 28.7 Å². The summed E-state index contributed by atoms with van der Waals surface area (Å²) in [7, 11) is 0. The Morgan fingerprint density at radius 2 is 2.05 bits per heavy atom. The fourth-order valence-corrected chi connectivity index (χ4v) is 4.04. The molecular weight excluding hydrogens is 352 g/mol. The van der Waals surface area contributed by atoms with Crippen molar-refractivity contribution in [2.45, 2.75) is 32.2 Å². The molecule has 1 aliphatic heterocycles. The van der Waals surface area contributed by atoms with E-state index in [2.05, 4.69) is 39.6 Å². The second kappa shape index (κ2) is 6.67. The lowest BCUT2D eigenvalue weighted by atomic mass is 9.91. The van der Waals surface area contributed by atoms with Crippen LogP contribution in [-0.4, -0.2) is 19.0 Å². The van der Waals surface area contributed by atoms with Crippen LogP contribution in [-0.2, 0) is 4.79 Å². The molecule has 1 heterocycles. The molecule has 1 saturated carbocycles. The van der Waals surface area contributed by atoms with Crippen LogP contribution in [0.4, 0.5) is 0 Å². The van der Waals surface area contributed by atoms with E-state index in [1.807, 2.05) is 18.2 Å². The van der Waals surface area contributed by atoms with E-state index in [1.54, 1.807) is 0 Å². The summed E-state index contributed by atoms with van der Waals surface area (Å²) >= 11 is 3.55. The highest BCUT2D eigenvalue weighted by atomic mass is 79.9. The van der Waals surface area contributed by atoms with Gasteiger partial charge in [0.15, 0.2) is 0 Å². The first-order chi connectivity index (χ1) is 9.62. The third-order valence-electron chi connectivity index (χ3n) is 4.84. The van der Waals surface area contributed by atoms with Crippen LogP contribution in [0.3, 0.4) is 0 Å². The number of carbonyl (C=O) groups excluding carboxylic acids is 1. The zero-order valence-corrected chi connectivity index (χ0v) is 14.6. The fraction of sp³-hybridized carbons (Fsp3) is 0.562. The van der Waals surface area contributed by atoms with Gasteiger partial charge in [0.25, 0.3) is 0 Å². The summed E-state index contributed by atoms with van der Waals surface area (Å²) in [6.07, 6.45) is 3.37. The monoisotopic (exact) mass is 372 g/mol. The third-order valence-corrected chi connectivity index (χ3v) is 5.56. The highest BCUT2D eigenvalue weighted by molar-refractivity contribution is 9.10. The zero-order chi connectivity index (χ0) is 14.2. The second-order valence-electron chi connectivity index (χ2n) is 6.12. The predicted octanol–water partition coefficient (Wildman–Crippen LogP) is 3.44. The third kappa shape index (κ3) is 3.43. The number of amides is 1. The van der Waals surface area contributed by atoms with E-state index in [4.69, 9.17) is 0 Å². The summed E-state index contributed by atoms with van der Waals surface area (Å²) in [4.78, 5) is 12.4. The molecule has 2 unspecified atom stereocenters. The van der Waals surface area contributed by atoms with E-state index in [1.165, 1.54) is 0 Å². The van der Waals surface area contributed by atoms with Crippen molar-refractivity contribution in [2.75, 3.05) is 13.1 Å². The van der Waals surface area contributed by atoms with E-state index in [0.29, 0.717) is 5.41 Å². The van der Waals surface area contributed by atoms with Gasteiger partial charge in [-0.3, -0.25) is 4.79 Å². The average molecular weight is 374 g/mol. The van der Waals surface area contributed by atoms with Gasteiger partial charge in [-0.1, -0.05) is 34.1 Å². The van der Waals surface area contributed by atoms with Gasteiger partial charge < -0.3 is 10.6 Å². The number of nitrogens with one attached hydrogen (secondary N) is 2. The number of halogens is 2. The van der Waals surface area contributed by atoms with Crippen molar-refractivity contribution in [3.8, 4) is 0 Å². The molecule has 1 saturated heterocycles. The first-order valence-electron chi connectivity index (χ1n) is 7.38. The van der Waals surface area contributed by atoms with Gasteiger partial charge in [0.05, 0.1) is 6.04 Å². The topological polar surface area (TPSA) is 41.1 Å². The summed E-state index contributed by atoms with van der Waals surface area (Å²) in [5.41, 5.74) is 1.45. The van der Waals surface area contributed by atoms with Crippen LogP contribution in [0, 0.1) is 11.3 Å². The number of rotatable bonds is 3. The Balaban J connectivity index is 0.00000161.